The maximum atomic E-state index is 9.72. The van der Waals surface area contributed by atoms with Gasteiger partial charge in [-0.15, -0.1) is 0 Å². The van der Waals surface area contributed by atoms with Gasteiger partial charge in [-0.3, -0.25) is 0 Å². The van der Waals surface area contributed by atoms with Gasteiger partial charge in [0.1, 0.15) is 0 Å². The number of nitriles is 1. The quantitative estimate of drug-likeness (QED) is 0.272. The number of primary amides is 1. The van der Waals surface area contributed by atoms with Gasteiger partial charge in [-0.05, 0) is 0 Å². The molecule has 0 spiro atoms. The number of hydrogen-bond acceptors (Lipinski definition) is 4. The molecule has 8 heavy (non-hydrogen) atoms. The van der Waals surface area contributed by atoms with E-state index in [1.54, 1.807) is 5.43 Å². The number of nitrogens with zero attached hydrogens (tertiary/aromatic N) is 3. The third-order valence-electron chi connectivity index (χ3n) is 0.255. The molecule has 42 valence electrons. The van der Waals surface area contributed by atoms with Crippen LogP contribution in [0.2, 0.25) is 0 Å². The van der Waals surface area contributed by atoms with E-state index in [1.807, 2.05) is 0 Å². The highest BCUT2D eigenvalue weighted by molar-refractivity contribution is 5.70. The summed E-state index contributed by atoms with van der Waals surface area (Å²) in [6.45, 7) is 0. The Balaban J connectivity index is 3.34. The first kappa shape index (κ1) is 6.36. The Morgan fingerprint density at radius 3 is 2.88 bits per heavy atom. The number of urea groups is 1. The van der Waals surface area contributed by atoms with Gasteiger partial charge in [-0.25, -0.2) is 10.2 Å². The Hall–Kier alpha value is -1.64. The van der Waals surface area contributed by atoms with Gasteiger partial charge in [0, 0.05) is 0 Å². The molecule has 0 aliphatic heterocycles. The van der Waals surface area contributed by atoms with Gasteiger partial charge >= 0.3 is 6.03 Å². The van der Waals surface area contributed by atoms with E-state index in [1.165, 1.54) is 6.19 Å². The van der Waals surface area contributed by atoms with Crippen LogP contribution in [0.25, 0.3) is 0 Å². The lowest BCUT2D eigenvalue weighted by Crippen LogP contribution is -2.23. The van der Waals surface area contributed by atoms with Gasteiger partial charge < -0.3 is 5.73 Å². The second-order valence-corrected chi connectivity index (χ2v) is 0.776. The lowest BCUT2D eigenvalue weighted by Gasteiger charge is -1.82. The molecule has 0 fully saturated rings. The van der Waals surface area contributed by atoms with Crippen molar-refractivity contribution in [1.29, 1.82) is 5.26 Å². The van der Waals surface area contributed by atoms with Crippen molar-refractivity contribution in [3.05, 3.63) is 0 Å². The number of amides is 2. The van der Waals surface area contributed by atoms with E-state index in [0.29, 0.717) is 0 Å². The molecule has 6 heteroatoms. The molecule has 0 rings (SSSR count). The van der Waals surface area contributed by atoms with Crippen molar-refractivity contribution in [3.63, 3.8) is 0 Å². The van der Waals surface area contributed by atoms with Crippen molar-refractivity contribution >= 4 is 6.03 Å². The molecule has 0 heterocycles. The first-order chi connectivity index (χ1) is 3.77. The number of nitrogens with two attached hydrogens (primary N) is 1. The molecule has 0 bridgehead atoms. The molecule has 6 nitrogen and oxygen atoms in total. The minimum Gasteiger partial charge on any atom is -0.350 e. The van der Waals surface area contributed by atoms with Gasteiger partial charge in [0.2, 0.25) is 6.19 Å². The highest BCUT2D eigenvalue weighted by Gasteiger charge is 1.81. The van der Waals surface area contributed by atoms with Crippen LogP contribution >= 0.6 is 0 Å². The molecule has 0 aromatic carbocycles. The summed E-state index contributed by atoms with van der Waals surface area (Å²) in [5.41, 5.74) is 6.24. The van der Waals surface area contributed by atoms with Crippen LogP contribution < -0.4 is 11.2 Å². The molecule has 0 radical (unpaired) electrons. The summed E-state index contributed by atoms with van der Waals surface area (Å²) in [5, 5.41) is 13.2. The summed E-state index contributed by atoms with van der Waals surface area (Å²) in [7, 11) is 0. The van der Waals surface area contributed by atoms with Crippen LogP contribution in [-0.4, -0.2) is 6.03 Å². The maximum Gasteiger partial charge on any atom is 0.333 e. The SMILES string of the molecule is N#CN=NNC(N)=O. The van der Waals surface area contributed by atoms with E-state index >= 15 is 0 Å². The van der Waals surface area contributed by atoms with Crippen molar-refractivity contribution in [1.82, 2.24) is 5.43 Å². The first-order valence-corrected chi connectivity index (χ1v) is 1.61. The summed E-state index contributed by atoms with van der Waals surface area (Å²) < 4.78 is 0. The van der Waals surface area contributed by atoms with Crippen molar-refractivity contribution in [2.45, 2.75) is 0 Å². The van der Waals surface area contributed by atoms with Gasteiger partial charge in [-0.1, -0.05) is 10.3 Å². The maximum absolute atomic E-state index is 9.72. The lowest BCUT2D eigenvalue weighted by atomic mass is 11.2. The van der Waals surface area contributed by atoms with Gasteiger partial charge in [0.15, 0.2) is 0 Å². The Morgan fingerprint density at radius 2 is 2.50 bits per heavy atom. The highest BCUT2D eigenvalue weighted by Crippen LogP contribution is 1.61. The zero-order valence-electron chi connectivity index (χ0n) is 3.83. The zero-order valence-corrected chi connectivity index (χ0v) is 3.83. The fraction of sp³-hybridized carbons (Fsp3) is 0. The smallest absolute Gasteiger partial charge is 0.333 e. The summed E-state index contributed by atoms with van der Waals surface area (Å²) in [4.78, 5) is 9.72. The molecule has 0 saturated heterocycles. The number of rotatable bonds is 1. The van der Waals surface area contributed by atoms with E-state index < -0.39 is 6.03 Å². The molecule has 0 atom stereocenters. The highest BCUT2D eigenvalue weighted by atomic mass is 16.2. The molecule has 2 amide bonds. The van der Waals surface area contributed by atoms with Crippen molar-refractivity contribution in [2.24, 2.45) is 16.1 Å². The molecule has 0 aliphatic rings. The molecule has 0 unspecified atom stereocenters. The average Bonchev–Trinajstić information content (AvgIpc) is 1.66. The topological polar surface area (TPSA) is 104 Å². The second kappa shape index (κ2) is 3.55. The standard InChI is InChI=1S/C2H3N5O/c3-1-5-7-6-2(4)8/h(H3,4,5,6,8). The predicted molar refractivity (Wildman–Crippen MR) is 23.2 cm³/mol. The van der Waals surface area contributed by atoms with Crippen molar-refractivity contribution in [3.8, 4) is 6.19 Å². The molecule has 0 saturated carbocycles. The van der Waals surface area contributed by atoms with Crippen molar-refractivity contribution in [2.75, 3.05) is 0 Å². The summed E-state index contributed by atoms with van der Waals surface area (Å²) in [6.07, 6.45) is 1.31. The minimum atomic E-state index is -0.844. The molecule has 0 aromatic heterocycles. The number of hydrogen-bond donors (Lipinski definition) is 2. The lowest BCUT2D eigenvalue weighted by molar-refractivity contribution is 0.249. The van der Waals surface area contributed by atoms with E-state index in [9.17, 15) is 4.79 Å². The second-order valence-electron chi connectivity index (χ2n) is 0.776. The predicted octanol–water partition coefficient (Wildman–Crippen LogP) is -0.497. The summed E-state index contributed by atoms with van der Waals surface area (Å²) in [6, 6.07) is -0.844. The van der Waals surface area contributed by atoms with Crippen LogP contribution in [-0.2, 0) is 0 Å². The Bertz CT molecular complexity index is 143. The fourth-order valence-electron chi connectivity index (χ4n) is 0.0966. The number of carbonyl (C=O) groups is 1. The van der Waals surface area contributed by atoms with Crippen molar-refractivity contribution < 1.29 is 4.79 Å². The monoisotopic (exact) mass is 113 g/mol. The Kier molecular flexibility index (Phi) is 2.82. The van der Waals surface area contributed by atoms with E-state index in [0.717, 1.165) is 0 Å². The van der Waals surface area contributed by atoms with E-state index in [-0.39, 0.29) is 0 Å². The van der Waals surface area contributed by atoms with Crippen LogP contribution in [0.3, 0.4) is 0 Å². The van der Waals surface area contributed by atoms with Crippen LogP contribution in [0.5, 0.6) is 0 Å². The average molecular weight is 113 g/mol. The number of carbonyl (C=O) groups excluding carboxylic acids is 1. The summed E-state index contributed by atoms with van der Waals surface area (Å²) in [5.74, 6) is 0. The van der Waals surface area contributed by atoms with E-state index in [4.69, 9.17) is 5.26 Å². The van der Waals surface area contributed by atoms with Crippen LogP contribution in [0, 0.1) is 11.5 Å². The molecular formula is C2H3N5O. The normalized spacial score (nSPS) is 8.38. The first-order valence-electron chi connectivity index (χ1n) is 1.61. The van der Waals surface area contributed by atoms with Gasteiger partial charge in [0.25, 0.3) is 0 Å². The summed E-state index contributed by atoms with van der Waals surface area (Å²) >= 11 is 0. The van der Waals surface area contributed by atoms with Crippen LogP contribution in [0.1, 0.15) is 0 Å². The third kappa shape index (κ3) is 4.36. The Morgan fingerprint density at radius 1 is 1.88 bits per heavy atom. The van der Waals surface area contributed by atoms with E-state index in [2.05, 4.69) is 16.1 Å². The molecule has 0 aromatic rings. The zero-order chi connectivity index (χ0) is 6.41. The largest absolute Gasteiger partial charge is 0.350 e. The van der Waals surface area contributed by atoms with Crippen LogP contribution in [0.15, 0.2) is 10.3 Å². The van der Waals surface area contributed by atoms with Gasteiger partial charge in [0.05, 0.1) is 0 Å². The molecular weight excluding hydrogens is 110 g/mol. The third-order valence-corrected chi connectivity index (χ3v) is 0.255. The molecule has 3 N–H and O–H groups in total. The Labute approximate surface area is 45.0 Å². The van der Waals surface area contributed by atoms with Gasteiger partial charge in [-0.2, -0.15) is 5.26 Å². The van der Waals surface area contributed by atoms with Crippen LogP contribution in [0.4, 0.5) is 4.79 Å². The fourth-order valence-corrected chi connectivity index (χ4v) is 0.0966. The minimum absolute atomic E-state index is 0.844. The molecule has 0 aliphatic carbocycles. The number of nitrogens with one attached hydrogen (secondary N) is 1.